The Bertz CT molecular complexity index is 2580. The average Bonchev–Trinajstić information content (AvgIpc) is 4.07. The zero-order valence-corrected chi connectivity index (χ0v) is 38.9. The minimum Gasteiger partial charge on any atom is -0.494 e. The highest BCUT2D eigenvalue weighted by Crippen LogP contribution is 2.33. The Balaban J connectivity index is 0.811. The largest absolute Gasteiger partial charge is 0.494 e. The molecular weight excluding hydrogens is 885 g/mol. The van der Waals surface area contributed by atoms with Gasteiger partial charge < -0.3 is 43.8 Å². The van der Waals surface area contributed by atoms with E-state index in [9.17, 15) is 19.6 Å². The van der Waals surface area contributed by atoms with Crippen LogP contribution in [-0.4, -0.2) is 179 Å². The molecule has 362 valence electrons. The monoisotopic (exact) mass is 942 g/mol. The zero-order valence-electron chi connectivity index (χ0n) is 38.9. The van der Waals surface area contributed by atoms with E-state index in [-0.39, 0.29) is 29.5 Å². The van der Waals surface area contributed by atoms with E-state index in [0.717, 1.165) is 68.8 Å². The smallest absolute Gasteiger partial charge is 0.295 e. The molecule has 6 heterocycles. The summed E-state index contributed by atoms with van der Waals surface area (Å²) in [4.78, 5) is 67.5. The van der Waals surface area contributed by atoms with Gasteiger partial charge in [0.05, 0.1) is 94.2 Å². The number of nitriles is 1. The normalized spacial score (nSPS) is 14.4. The van der Waals surface area contributed by atoms with E-state index < -0.39 is 17.6 Å². The van der Waals surface area contributed by atoms with Crippen LogP contribution in [0, 0.1) is 23.7 Å². The first-order chi connectivity index (χ1) is 33.9. The number of likely N-dealkylation sites (tertiary alicyclic amines) is 1. The van der Waals surface area contributed by atoms with E-state index in [0.29, 0.717) is 101 Å². The van der Waals surface area contributed by atoms with Gasteiger partial charge in [0.2, 0.25) is 5.82 Å². The van der Waals surface area contributed by atoms with Crippen molar-refractivity contribution in [2.24, 2.45) is 0 Å². The molecular formula is C49H58N12O8. The molecule has 2 saturated heterocycles. The molecule has 69 heavy (non-hydrogen) atoms. The van der Waals surface area contributed by atoms with Crippen molar-refractivity contribution in [1.82, 2.24) is 54.7 Å². The van der Waals surface area contributed by atoms with Crippen LogP contribution in [0.3, 0.4) is 0 Å². The Labute approximate surface area is 400 Å². The van der Waals surface area contributed by atoms with Crippen LogP contribution in [0.2, 0.25) is 0 Å². The van der Waals surface area contributed by atoms with E-state index in [1.165, 1.54) is 35.4 Å². The lowest BCUT2D eigenvalue weighted by molar-refractivity contribution is -0.126. The first-order valence-electron chi connectivity index (χ1n) is 23.1. The number of ether oxygens (including phenoxy) is 5. The summed E-state index contributed by atoms with van der Waals surface area (Å²) in [7, 11) is 1.44. The molecule has 2 aliphatic heterocycles. The fraction of sp³-hybridized carbons (Fsp3) is 0.449. The number of terminal acetylenes is 1. The maximum Gasteiger partial charge on any atom is 0.295 e. The molecule has 20 nitrogen and oxygen atoms in total. The molecule has 0 radical (unpaired) electrons. The highest BCUT2D eigenvalue weighted by atomic mass is 16.6. The zero-order chi connectivity index (χ0) is 48.2. The number of pyridine rings is 1. The summed E-state index contributed by atoms with van der Waals surface area (Å²) in [5, 5.41) is 17.3. The first-order valence-corrected chi connectivity index (χ1v) is 23.1. The van der Waals surface area contributed by atoms with Gasteiger partial charge in [0, 0.05) is 64.4 Å². The number of hydrogen-bond acceptors (Lipinski definition) is 16. The number of H-pyrrole nitrogens is 1. The maximum atomic E-state index is 13.8. The van der Waals surface area contributed by atoms with Crippen molar-refractivity contribution in [3.05, 3.63) is 95.4 Å². The summed E-state index contributed by atoms with van der Waals surface area (Å²) in [6, 6.07) is 11.7. The van der Waals surface area contributed by atoms with Gasteiger partial charge in [-0.1, -0.05) is 36.3 Å². The van der Waals surface area contributed by atoms with E-state index in [4.69, 9.17) is 30.1 Å². The van der Waals surface area contributed by atoms with Gasteiger partial charge in [0.1, 0.15) is 24.5 Å². The molecule has 20 heteroatoms. The summed E-state index contributed by atoms with van der Waals surface area (Å²) in [6.07, 6.45) is 15.7. The Hall–Kier alpha value is -6.91. The predicted molar refractivity (Wildman–Crippen MR) is 253 cm³/mol. The van der Waals surface area contributed by atoms with Crippen LogP contribution in [0.15, 0.2) is 67.0 Å². The summed E-state index contributed by atoms with van der Waals surface area (Å²) in [5.74, 6) is 1.32. The number of Topliss-reactive ketones (excluding diaryl/α,β-unsaturated/α-hetero) is 1. The molecule has 2 fully saturated rings. The van der Waals surface area contributed by atoms with Crippen LogP contribution < -0.4 is 10.1 Å². The number of rotatable bonds is 25. The number of benzene rings is 1. The van der Waals surface area contributed by atoms with E-state index in [2.05, 4.69) is 57.1 Å². The third kappa shape index (κ3) is 13.9. The molecule has 0 atom stereocenters. The van der Waals surface area contributed by atoms with Crippen LogP contribution >= 0.6 is 0 Å². The molecule has 0 aliphatic carbocycles. The van der Waals surface area contributed by atoms with Crippen molar-refractivity contribution in [3.8, 4) is 30.0 Å². The van der Waals surface area contributed by atoms with Crippen LogP contribution in [0.25, 0.3) is 22.3 Å². The second kappa shape index (κ2) is 26.0. The molecule has 4 aromatic heterocycles. The highest BCUT2D eigenvalue weighted by Gasteiger charge is 2.31. The van der Waals surface area contributed by atoms with E-state index in [1.54, 1.807) is 12.4 Å². The Morgan fingerprint density at radius 1 is 0.826 bits per heavy atom. The van der Waals surface area contributed by atoms with Gasteiger partial charge in [-0.2, -0.15) is 9.94 Å². The Morgan fingerprint density at radius 2 is 1.49 bits per heavy atom. The molecule has 0 spiro atoms. The van der Waals surface area contributed by atoms with Gasteiger partial charge >= 0.3 is 0 Å². The number of piperazine rings is 1. The molecule has 0 bridgehead atoms. The minimum absolute atomic E-state index is 0.0695. The topological polar surface area (TPSA) is 228 Å². The number of hydrogen-bond donors (Lipinski definition) is 2. The fourth-order valence-corrected chi connectivity index (χ4v) is 8.09. The number of aromatic amines is 1. The number of amides is 2. The fourth-order valence-electron chi connectivity index (χ4n) is 8.09. The van der Waals surface area contributed by atoms with Gasteiger partial charge in [0.25, 0.3) is 17.6 Å². The lowest BCUT2D eigenvalue weighted by atomic mass is 9.93. The maximum absolute atomic E-state index is 13.8. The number of aryl methyl sites for hydroxylation is 1. The SMILES string of the molecule is C#CCOCCOCCOCCOCCN1CCN(CCCc2cnc(CNC(=O)c3ncn(-c4ncc(OC)c5c(C(=O)C(=O)N6CCC(=C(C#N)c7ccccc7)CC6)c[nH]c45)n3)nc2)CC1. The van der Waals surface area contributed by atoms with Gasteiger partial charge in [-0.05, 0) is 48.9 Å². The minimum atomic E-state index is -0.719. The van der Waals surface area contributed by atoms with Crippen molar-refractivity contribution in [2.75, 3.05) is 112 Å². The number of allylic oxidation sites excluding steroid dienone is 1. The number of nitrogens with zero attached hydrogens (tertiary/aromatic N) is 10. The van der Waals surface area contributed by atoms with Crippen molar-refractivity contribution in [2.45, 2.75) is 32.2 Å². The van der Waals surface area contributed by atoms with Crippen molar-refractivity contribution in [1.29, 1.82) is 5.26 Å². The number of methoxy groups -OCH3 is 1. The summed E-state index contributed by atoms with van der Waals surface area (Å²) < 4.78 is 28.7. The number of nitrogens with one attached hydrogen (secondary N) is 2. The molecule has 2 amide bonds. The molecule has 2 N–H and O–H groups in total. The number of aromatic nitrogens is 7. The number of piperidine rings is 1. The second-order valence-corrected chi connectivity index (χ2v) is 16.3. The third-order valence-corrected chi connectivity index (χ3v) is 11.8. The lowest BCUT2D eigenvalue weighted by Crippen LogP contribution is -2.47. The van der Waals surface area contributed by atoms with E-state index in [1.807, 2.05) is 30.3 Å². The summed E-state index contributed by atoms with van der Waals surface area (Å²) >= 11 is 0. The van der Waals surface area contributed by atoms with Crippen LogP contribution in [0.1, 0.15) is 57.2 Å². The van der Waals surface area contributed by atoms with Crippen molar-refractivity contribution >= 4 is 34.1 Å². The third-order valence-electron chi connectivity index (χ3n) is 11.8. The predicted octanol–water partition coefficient (Wildman–Crippen LogP) is 2.90. The molecule has 5 aromatic rings. The van der Waals surface area contributed by atoms with Crippen molar-refractivity contribution in [3.63, 3.8) is 0 Å². The quantitative estimate of drug-likeness (QED) is 0.0282. The average molecular weight is 943 g/mol. The van der Waals surface area contributed by atoms with Gasteiger partial charge in [-0.25, -0.2) is 19.9 Å². The van der Waals surface area contributed by atoms with Crippen LogP contribution in [0.4, 0.5) is 0 Å². The molecule has 7 rings (SSSR count). The Morgan fingerprint density at radius 3 is 2.16 bits per heavy atom. The number of carbonyl (C=O) groups is 3. The summed E-state index contributed by atoms with van der Waals surface area (Å²) in [6.45, 7) is 10.7. The number of ketones is 1. The second-order valence-electron chi connectivity index (χ2n) is 16.3. The van der Waals surface area contributed by atoms with Gasteiger partial charge in [-0.15, -0.1) is 11.5 Å². The van der Waals surface area contributed by atoms with E-state index >= 15 is 0 Å². The molecule has 0 unspecified atom stereocenters. The first kappa shape index (κ1) is 50.0. The molecule has 2 aliphatic rings. The lowest BCUT2D eigenvalue weighted by Gasteiger charge is -2.34. The standard InChI is InChI=1S/C49H58N12O8/c1-3-21-66-23-25-68-27-28-69-26-24-67-22-20-59-18-16-58(17-19-59)13-7-8-36-30-51-42(52-31-36)34-55-48(63)46-56-35-61(57-46)47-44-43(41(65-2)33-54-47)40(32-53-44)45(62)49(64)60-14-11-38(12-15-60)39(29-50)37-9-5-4-6-10-37/h1,4-6,9-10,30-33,35,53H,7-8,11-28,34H2,2H3,(H,55,63). The molecule has 1 aromatic carbocycles. The van der Waals surface area contributed by atoms with Crippen LogP contribution in [-0.2, 0) is 36.7 Å². The van der Waals surface area contributed by atoms with Gasteiger partial charge in [0.15, 0.2) is 5.82 Å². The van der Waals surface area contributed by atoms with Crippen LogP contribution in [0.5, 0.6) is 5.75 Å². The molecule has 0 saturated carbocycles. The van der Waals surface area contributed by atoms with Crippen molar-refractivity contribution < 1.29 is 38.1 Å². The summed E-state index contributed by atoms with van der Waals surface area (Å²) in [5.41, 5.74) is 3.87. The number of carbonyl (C=O) groups excluding carboxylic acids is 3. The highest BCUT2D eigenvalue weighted by molar-refractivity contribution is 6.45. The van der Waals surface area contributed by atoms with Gasteiger partial charge in [-0.3, -0.25) is 19.3 Å². The number of fused-ring (bicyclic) bond motifs is 1. The Kier molecular flexibility index (Phi) is 18.8.